The summed E-state index contributed by atoms with van der Waals surface area (Å²) in [7, 11) is 0. The van der Waals surface area contributed by atoms with E-state index >= 15 is 0 Å². The van der Waals surface area contributed by atoms with Gasteiger partial charge in [-0.2, -0.15) is 0 Å². The molecule has 1 heterocycles. The molecule has 2 fully saturated rings. The van der Waals surface area contributed by atoms with Crippen LogP contribution in [0, 0.1) is 5.92 Å². The Morgan fingerprint density at radius 1 is 1.47 bits per heavy atom. The van der Waals surface area contributed by atoms with E-state index in [4.69, 9.17) is 16.3 Å². The number of carbonyl (C=O) groups excluding carboxylic acids is 1. The smallest absolute Gasteiger partial charge is 0.223 e. The number of carbonyl (C=O) groups is 1. The highest BCUT2D eigenvalue weighted by molar-refractivity contribution is 6.18. The first-order chi connectivity index (χ1) is 7.29. The lowest BCUT2D eigenvalue weighted by molar-refractivity contribution is -0.139. The van der Waals surface area contributed by atoms with E-state index in [1.165, 1.54) is 19.3 Å². The van der Waals surface area contributed by atoms with Gasteiger partial charge >= 0.3 is 0 Å². The van der Waals surface area contributed by atoms with Crippen molar-refractivity contribution in [3.8, 4) is 0 Å². The number of hydrogen-bond acceptors (Lipinski definition) is 2. The van der Waals surface area contributed by atoms with E-state index in [2.05, 4.69) is 0 Å². The molecule has 1 unspecified atom stereocenters. The van der Waals surface area contributed by atoms with Crippen LogP contribution < -0.4 is 0 Å². The Balaban J connectivity index is 1.78. The van der Waals surface area contributed by atoms with E-state index in [9.17, 15) is 4.79 Å². The zero-order chi connectivity index (χ0) is 10.7. The standard InChI is InChI=1S/C11H18ClNO2/c12-7-10-8-13(4-5-15-10)11(14)6-9-2-1-3-9/h9-10H,1-8H2. The topological polar surface area (TPSA) is 29.5 Å². The third-order valence-corrected chi connectivity index (χ3v) is 3.70. The lowest BCUT2D eigenvalue weighted by Crippen LogP contribution is -2.46. The average molecular weight is 232 g/mol. The van der Waals surface area contributed by atoms with E-state index in [1.807, 2.05) is 4.90 Å². The lowest BCUT2D eigenvalue weighted by Gasteiger charge is -2.34. The van der Waals surface area contributed by atoms with Crippen LogP contribution in [0.25, 0.3) is 0 Å². The number of alkyl halides is 1. The molecule has 0 aromatic rings. The summed E-state index contributed by atoms with van der Waals surface area (Å²) in [6, 6.07) is 0. The molecule has 1 aliphatic carbocycles. The Kier molecular flexibility index (Phi) is 3.87. The number of morpholine rings is 1. The minimum absolute atomic E-state index is 0.0331. The number of ether oxygens (including phenoxy) is 1. The predicted molar refractivity (Wildman–Crippen MR) is 59.0 cm³/mol. The molecule has 86 valence electrons. The highest BCUT2D eigenvalue weighted by atomic mass is 35.5. The summed E-state index contributed by atoms with van der Waals surface area (Å²) in [5.41, 5.74) is 0. The third kappa shape index (κ3) is 2.85. The quantitative estimate of drug-likeness (QED) is 0.692. The van der Waals surface area contributed by atoms with Crippen molar-refractivity contribution in [2.45, 2.75) is 31.8 Å². The van der Waals surface area contributed by atoms with Gasteiger partial charge in [0, 0.05) is 19.5 Å². The third-order valence-electron chi connectivity index (χ3n) is 3.35. The molecule has 0 radical (unpaired) electrons. The van der Waals surface area contributed by atoms with Gasteiger partial charge in [0.15, 0.2) is 0 Å². The summed E-state index contributed by atoms with van der Waals surface area (Å²) in [5, 5.41) is 0. The molecular weight excluding hydrogens is 214 g/mol. The minimum Gasteiger partial charge on any atom is -0.373 e. The van der Waals surface area contributed by atoms with Gasteiger partial charge < -0.3 is 9.64 Å². The van der Waals surface area contributed by atoms with Crippen LogP contribution in [0.5, 0.6) is 0 Å². The first-order valence-corrected chi connectivity index (χ1v) is 6.28. The maximum atomic E-state index is 11.9. The summed E-state index contributed by atoms with van der Waals surface area (Å²) in [4.78, 5) is 13.8. The molecule has 1 amide bonds. The highest BCUT2D eigenvalue weighted by Crippen LogP contribution is 2.30. The van der Waals surface area contributed by atoms with Crippen molar-refractivity contribution in [1.82, 2.24) is 4.90 Å². The molecule has 4 heteroatoms. The summed E-state index contributed by atoms with van der Waals surface area (Å²) >= 11 is 5.73. The summed E-state index contributed by atoms with van der Waals surface area (Å²) < 4.78 is 5.43. The molecule has 0 bridgehead atoms. The largest absolute Gasteiger partial charge is 0.373 e. The van der Waals surface area contributed by atoms with Crippen LogP contribution in [0.2, 0.25) is 0 Å². The van der Waals surface area contributed by atoms with E-state index in [-0.39, 0.29) is 12.0 Å². The first-order valence-electron chi connectivity index (χ1n) is 5.75. The number of halogens is 1. The first kappa shape index (κ1) is 11.2. The predicted octanol–water partition coefficient (Wildman–Crippen LogP) is 1.64. The summed E-state index contributed by atoms with van der Waals surface area (Å²) in [6.07, 6.45) is 4.52. The van der Waals surface area contributed by atoms with Crippen LogP contribution in [0.4, 0.5) is 0 Å². The van der Waals surface area contributed by atoms with Crippen LogP contribution in [-0.2, 0) is 9.53 Å². The Bertz CT molecular complexity index is 231. The molecule has 0 spiro atoms. The van der Waals surface area contributed by atoms with Crippen molar-refractivity contribution in [1.29, 1.82) is 0 Å². The fourth-order valence-electron chi connectivity index (χ4n) is 2.11. The summed E-state index contributed by atoms with van der Waals surface area (Å²) in [5.74, 6) is 1.42. The number of amides is 1. The minimum atomic E-state index is 0.0331. The maximum Gasteiger partial charge on any atom is 0.223 e. The Morgan fingerprint density at radius 3 is 2.87 bits per heavy atom. The van der Waals surface area contributed by atoms with Gasteiger partial charge in [0.25, 0.3) is 0 Å². The second kappa shape index (κ2) is 5.17. The van der Waals surface area contributed by atoms with Gasteiger partial charge in [-0.05, 0) is 18.8 Å². The Morgan fingerprint density at radius 2 is 2.27 bits per heavy atom. The number of rotatable bonds is 3. The monoisotopic (exact) mass is 231 g/mol. The molecule has 0 aromatic carbocycles. The van der Waals surface area contributed by atoms with Gasteiger partial charge in [0.2, 0.25) is 5.91 Å². The van der Waals surface area contributed by atoms with E-state index in [0.717, 1.165) is 13.0 Å². The van der Waals surface area contributed by atoms with Gasteiger partial charge in [-0.1, -0.05) is 6.42 Å². The van der Waals surface area contributed by atoms with Crippen LogP contribution in [0.3, 0.4) is 0 Å². The molecule has 1 saturated carbocycles. The van der Waals surface area contributed by atoms with Crippen LogP contribution in [0.15, 0.2) is 0 Å². The van der Waals surface area contributed by atoms with E-state index in [1.54, 1.807) is 0 Å². The number of hydrogen-bond donors (Lipinski definition) is 0. The van der Waals surface area contributed by atoms with Crippen molar-refractivity contribution >= 4 is 17.5 Å². The van der Waals surface area contributed by atoms with E-state index < -0.39 is 0 Å². The molecule has 1 saturated heterocycles. The Hall–Kier alpha value is -0.280. The van der Waals surface area contributed by atoms with Gasteiger partial charge in [-0.15, -0.1) is 11.6 Å². The molecule has 0 aromatic heterocycles. The van der Waals surface area contributed by atoms with Crippen molar-refractivity contribution in [3.63, 3.8) is 0 Å². The Labute approximate surface area is 95.7 Å². The van der Waals surface area contributed by atoms with Crippen LogP contribution in [0.1, 0.15) is 25.7 Å². The van der Waals surface area contributed by atoms with Crippen molar-refractivity contribution in [2.75, 3.05) is 25.6 Å². The lowest BCUT2D eigenvalue weighted by atomic mass is 9.82. The van der Waals surface area contributed by atoms with Gasteiger partial charge in [-0.25, -0.2) is 0 Å². The fraction of sp³-hybridized carbons (Fsp3) is 0.909. The molecule has 3 nitrogen and oxygen atoms in total. The molecule has 2 aliphatic rings. The van der Waals surface area contributed by atoms with Crippen LogP contribution in [-0.4, -0.2) is 42.5 Å². The fourth-order valence-corrected chi connectivity index (χ4v) is 2.30. The highest BCUT2D eigenvalue weighted by Gasteiger charge is 2.27. The van der Waals surface area contributed by atoms with Gasteiger partial charge in [0.05, 0.1) is 18.6 Å². The SMILES string of the molecule is O=C(CC1CCC1)N1CCOC(CCl)C1. The maximum absolute atomic E-state index is 11.9. The molecule has 2 rings (SSSR count). The van der Waals surface area contributed by atoms with Gasteiger partial charge in [-0.3, -0.25) is 4.79 Å². The molecular formula is C11H18ClNO2. The van der Waals surface area contributed by atoms with Crippen molar-refractivity contribution < 1.29 is 9.53 Å². The zero-order valence-electron chi connectivity index (χ0n) is 8.95. The molecule has 1 atom stereocenters. The van der Waals surface area contributed by atoms with Crippen LogP contribution >= 0.6 is 11.6 Å². The average Bonchev–Trinajstić information content (AvgIpc) is 2.23. The van der Waals surface area contributed by atoms with Crippen molar-refractivity contribution in [3.05, 3.63) is 0 Å². The van der Waals surface area contributed by atoms with Gasteiger partial charge in [0.1, 0.15) is 0 Å². The summed E-state index contributed by atoms with van der Waals surface area (Å²) in [6.45, 7) is 2.04. The second-order valence-electron chi connectivity index (χ2n) is 4.49. The zero-order valence-corrected chi connectivity index (χ0v) is 9.71. The molecule has 15 heavy (non-hydrogen) atoms. The van der Waals surface area contributed by atoms with E-state index in [0.29, 0.717) is 24.9 Å². The van der Waals surface area contributed by atoms with Crippen molar-refractivity contribution in [2.24, 2.45) is 5.92 Å². The molecule has 0 N–H and O–H groups in total. The molecule has 1 aliphatic heterocycles. The normalized spacial score (nSPS) is 27.5. The second-order valence-corrected chi connectivity index (χ2v) is 4.80. The number of nitrogens with zero attached hydrogens (tertiary/aromatic N) is 1.